The number of ketones is 1. The standard InChI is InChI=1S/C13H11BrO4/c1-16-8-3-4-11(17-2)9(7-8)12(15)13-10(14)5-6-18-13/h3-7H,1-2H3. The van der Waals surface area contributed by atoms with Gasteiger partial charge in [0.2, 0.25) is 5.78 Å². The van der Waals surface area contributed by atoms with Gasteiger partial charge in [0.05, 0.1) is 30.5 Å². The van der Waals surface area contributed by atoms with Crippen LogP contribution in [0.4, 0.5) is 0 Å². The van der Waals surface area contributed by atoms with Crippen molar-refractivity contribution < 1.29 is 18.7 Å². The Morgan fingerprint density at radius 1 is 1.22 bits per heavy atom. The van der Waals surface area contributed by atoms with Crippen LogP contribution in [0.2, 0.25) is 0 Å². The van der Waals surface area contributed by atoms with E-state index in [1.54, 1.807) is 31.4 Å². The van der Waals surface area contributed by atoms with Crippen molar-refractivity contribution in [3.05, 3.63) is 46.3 Å². The second-order valence-corrected chi connectivity index (χ2v) is 4.35. The third kappa shape index (κ3) is 2.26. The molecule has 0 N–H and O–H groups in total. The van der Waals surface area contributed by atoms with Gasteiger partial charge in [-0.15, -0.1) is 0 Å². The van der Waals surface area contributed by atoms with E-state index in [0.29, 0.717) is 21.5 Å². The molecule has 0 radical (unpaired) electrons. The molecule has 94 valence electrons. The van der Waals surface area contributed by atoms with Gasteiger partial charge in [-0.05, 0) is 40.2 Å². The molecule has 1 heterocycles. The quantitative estimate of drug-likeness (QED) is 0.813. The first-order chi connectivity index (χ1) is 8.67. The molecule has 0 aliphatic carbocycles. The lowest BCUT2D eigenvalue weighted by atomic mass is 10.1. The molecule has 0 saturated carbocycles. The van der Waals surface area contributed by atoms with E-state index in [4.69, 9.17) is 13.9 Å². The fourth-order valence-electron chi connectivity index (χ4n) is 1.57. The number of carbonyl (C=O) groups excluding carboxylic acids is 1. The van der Waals surface area contributed by atoms with Gasteiger partial charge >= 0.3 is 0 Å². The Labute approximate surface area is 113 Å². The highest BCUT2D eigenvalue weighted by Gasteiger charge is 2.20. The van der Waals surface area contributed by atoms with Crippen LogP contribution in [0.15, 0.2) is 39.4 Å². The van der Waals surface area contributed by atoms with E-state index >= 15 is 0 Å². The lowest BCUT2D eigenvalue weighted by Crippen LogP contribution is -2.04. The molecule has 5 heteroatoms. The molecule has 0 aliphatic heterocycles. The topological polar surface area (TPSA) is 48.7 Å². The van der Waals surface area contributed by atoms with E-state index in [1.807, 2.05) is 0 Å². The summed E-state index contributed by atoms with van der Waals surface area (Å²) in [5, 5.41) is 0. The number of benzene rings is 1. The van der Waals surface area contributed by atoms with Crippen molar-refractivity contribution in [2.24, 2.45) is 0 Å². The van der Waals surface area contributed by atoms with E-state index in [9.17, 15) is 4.79 Å². The minimum atomic E-state index is -0.261. The van der Waals surface area contributed by atoms with Crippen LogP contribution in [-0.2, 0) is 0 Å². The summed E-state index contributed by atoms with van der Waals surface area (Å²) in [6, 6.07) is 6.70. The highest BCUT2D eigenvalue weighted by atomic mass is 79.9. The van der Waals surface area contributed by atoms with Crippen LogP contribution in [0, 0.1) is 0 Å². The van der Waals surface area contributed by atoms with Gasteiger partial charge in [0.25, 0.3) is 0 Å². The predicted octanol–water partition coefficient (Wildman–Crippen LogP) is 3.29. The number of carbonyl (C=O) groups is 1. The molecule has 1 aromatic carbocycles. The maximum absolute atomic E-state index is 12.3. The van der Waals surface area contributed by atoms with Gasteiger partial charge in [0.1, 0.15) is 11.5 Å². The largest absolute Gasteiger partial charge is 0.497 e. The highest BCUT2D eigenvalue weighted by Crippen LogP contribution is 2.29. The maximum Gasteiger partial charge on any atom is 0.233 e. The molecular formula is C13H11BrO4. The smallest absolute Gasteiger partial charge is 0.233 e. The van der Waals surface area contributed by atoms with Crippen molar-refractivity contribution >= 4 is 21.7 Å². The van der Waals surface area contributed by atoms with Crippen LogP contribution >= 0.6 is 15.9 Å². The first kappa shape index (κ1) is 12.7. The second kappa shape index (κ2) is 5.27. The predicted molar refractivity (Wildman–Crippen MR) is 69.4 cm³/mol. The third-order valence-electron chi connectivity index (χ3n) is 2.47. The first-order valence-electron chi connectivity index (χ1n) is 5.17. The molecule has 0 unspecified atom stereocenters. The van der Waals surface area contributed by atoms with Crippen molar-refractivity contribution in [1.29, 1.82) is 0 Å². The first-order valence-corrected chi connectivity index (χ1v) is 5.96. The molecule has 0 fully saturated rings. The lowest BCUT2D eigenvalue weighted by molar-refractivity contribution is 0.100. The van der Waals surface area contributed by atoms with E-state index in [2.05, 4.69) is 15.9 Å². The minimum absolute atomic E-state index is 0.238. The zero-order valence-electron chi connectivity index (χ0n) is 9.90. The van der Waals surface area contributed by atoms with Crippen molar-refractivity contribution in [2.75, 3.05) is 14.2 Å². The number of rotatable bonds is 4. The third-order valence-corrected chi connectivity index (χ3v) is 3.10. The Bertz CT molecular complexity index is 574. The number of hydrogen-bond acceptors (Lipinski definition) is 4. The fraction of sp³-hybridized carbons (Fsp3) is 0.154. The van der Waals surface area contributed by atoms with Gasteiger partial charge < -0.3 is 13.9 Å². The number of methoxy groups -OCH3 is 2. The Morgan fingerprint density at radius 2 is 2.00 bits per heavy atom. The summed E-state index contributed by atoms with van der Waals surface area (Å²) >= 11 is 3.26. The summed E-state index contributed by atoms with van der Waals surface area (Å²) in [5.74, 6) is 1.04. The van der Waals surface area contributed by atoms with E-state index < -0.39 is 0 Å². The van der Waals surface area contributed by atoms with Crippen LogP contribution in [0.1, 0.15) is 16.1 Å². The minimum Gasteiger partial charge on any atom is -0.497 e. The summed E-state index contributed by atoms with van der Waals surface area (Å²) in [6.07, 6.45) is 1.45. The average molecular weight is 311 g/mol. The molecule has 4 nitrogen and oxygen atoms in total. The van der Waals surface area contributed by atoms with Crippen LogP contribution < -0.4 is 9.47 Å². The molecule has 18 heavy (non-hydrogen) atoms. The van der Waals surface area contributed by atoms with Crippen molar-refractivity contribution in [3.8, 4) is 11.5 Å². The summed E-state index contributed by atoms with van der Waals surface area (Å²) < 4.78 is 16.0. The number of furan rings is 1. The van der Waals surface area contributed by atoms with Crippen LogP contribution in [0.25, 0.3) is 0 Å². The average Bonchev–Trinajstić information content (AvgIpc) is 2.83. The van der Waals surface area contributed by atoms with Gasteiger partial charge in [0.15, 0.2) is 5.76 Å². The van der Waals surface area contributed by atoms with Crippen LogP contribution in [-0.4, -0.2) is 20.0 Å². The number of halogens is 1. The van der Waals surface area contributed by atoms with Gasteiger partial charge in [-0.25, -0.2) is 0 Å². The van der Waals surface area contributed by atoms with Crippen LogP contribution in [0.5, 0.6) is 11.5 Å². The second-order valence-electron chi connectivity index (χ2n) is 3.49. The Kier molecular flexibility index (Phi) is 3.72. The van der Waals surface area contributed by atoms with Crippen molar-refractivity contribution in [1.82, 2.24) is 0 Å². The normalized spacial score (nSPS) is 10.2. The molecule has 1 aromatic heterocycles. The fourth-order valence-corrected chi connectivity index (χ4v) is 1.95. The molecule has 0 spiro atoms. The van der Waals surface area contributed by atoms with E-state index in [-0.39, 0.29) is 11.5 Å². The summed E-state index contributed by atoms with van der Waals surface area (Å²) in [4.78, 5) is 12.3. The van der Waals surface area contributed by atoms with Gasteiger partial charge in [-0.3, -0.25) is 4.79 Å². The number of ether oxygens (including phenoxy) is 2. The van der Waals surface area contributed by atoms with Crippen LogP contribution in [0.3, 0.4) is 0 Å². The Balaban J connectivity index is 2.49. The molecule has 0 saturated heterocycles. The monoisotopic (exact) mass is 310 g/mol. The van der Waals surface area contributed by atoms with Gasteiger partial charge in [-0.2, -0.15) is 0 Å². The molecule has 0 bridgehead atoms. The van der Waals surface area contributed by atoms with E-state index in [1.165, 1.54) is 13.4 Å². The van der Waals surface area contributed by atoms with Gasteiger partial charge in [-0.1, -0.05) is 0 Å². The molecule has 2 aromatic rings. The summed E-state index contributed by atoms with van der Waals surface area (Å²) in [6.45, 7) is 0. The van der Waals surface area contributed by atoms with E-state index in [0.717, 1.165) is 0 Å². The molecule has 0 atom stereocenters. The number of hydrogen-bond donors (Lipinski definition) is 0. The molecular weight excluding hydrogens is 300 g/mol. The highest BCUT2D eigenvalue weighted by molar-refractivity contribution is 9.10. The summed E-state index contributed by atoms with van der Waals surface area (Å²) in [5.41, 5.74) is 0.396. The zero-order valence-corrected chi connectivity index (χ0v) is 11.5. The zero-order chi connectivity index (χ0) is 13.1. The maximum atomic E-state index is 12.3. The Morgan fingerprint density at radius 3 is 2.56 bits per heavy atom. The van der Waals surface area contributed by atoms with Gasteiger partial charge in [0, 0.05) is 0 Å². The molecule has 0 aliphatic rings. The lowest BCUT2D eigenvalue weighted by Gasteiger charge is -2.08. The molecule has 0 amide bonds. The van der Waals surface area contributed by atoms with Crippen molar-refractivity contribution in [2.45, 2.75) is 0 Å². The Hall–Kier alpha value is -1.75. The SMILES string of the molecule is COc1ccc(OC)c(C(=O)c2occc2Br)c1. The molecule has 2 rings (SSSR count). The van der Waals surface area contributed by atoms with Crippen molar-refractivity contribution in [3.63, 3.8) is 0 Å². The summed E-state index contributed by atoms with van der Waals surface area (Å²) in [7, 11) is 3.05.